The van der Waals surface area contributed by atoms with Gasteiger partial charge in [0.2, 0.25) is 11.7 Å². The minimum atomic E-state index is -0.720. The Bertz CT molecular complexity index is 1160. The highest BCUT2D eigenvalue weighted by molar-refractivity contribution is 6.31. The highest BCUT2D eigenvalue weighted by atomic mass is 35.5. The van der Waals surface area contributed by atoms with Gasteiger partial charge in [-0.3, -0.25) is 9.47 Å². The van der Waals surface area contributed by atoms with Crippen LogP contribution in [0, 0.1) is 0 Å². The molecule has 2 aliphatic heterocycles. The van der Waals surface area contributed by atoms with Gasteiger partial charge in [-0.1, -0.05) is 30.6 Å². The van der Waals surface area contributed by atoms with E-state index in [2.05, 4.69) is 15.1 Å². The summed E-state index contributed by atoms with van der Waals surface area (Å²) in [6, 6.07) is 5.56. The van der Waals surface area contributed by atoms with Crippen molar-refractivity contribution >= 4 is 23.3 Å². The van der Waals surface area contributed by atoms with E-state index < -0.39 is 5.54 Å². The van der Waals surface area contributed by atoms with Crippen LogP contribution in [-0.4, -0.2) is 43.7 Å². The fourth-order valence-electron chi connectivity index (χ4n) is 4.52. The van der Waals surface area contributed by atoms with Gasteiger partial charge in [0.05, 0.1) is 22.6 Å². The Morgan fingerprint density at radius 2 is 1.94 bits per heavy atom. The SMILES string of the molecule is CC(C)c1nc(-c2ncn3c2C(C)(C)N(C(=O)N2CCCC2)c2cc(Cl)ccc2-3)no1. The molecule has 2 amide bonds. The average molecular weight is 441 g/mol. The van der Waals surface area contributed by atoms with E-state index in [9.17, 15) is 4.79 Å². The van der Waals surface area contributed by atoms with Crippen LogP contribution >= 0.6 is 11.6 Å². The number of amides is 2. The van der Waals surface area contributed by atoms with Crippen molar-refractivity contribution in [3.63, 3.8) is 0 Å². The van der Waals surface area contributed by atoms with Crippen LogP contribution in [0.3, 0.4) is 0 Å². The molecule has 2 aliphatic rings. The third-order valence-electron chi connectivity index (χ3n) is 6.06. The van der Waals surface area contributed by atoms with Crippen molar-refractivity contribution in [3.05, 3.63) is 41.1 Å². The molecule has 0 saturated carbocycles. The lowest BCUT2D eigenvalue weighted by Crippen LogP contribution is -2.54. The molecule has 31 heavy (non-hydrogen) atoms. The maximum Gasteiger partial charge on any atom is 0.325 e. The zero-order valence-electron chi connectivity index (χ0n) is 18.1. The normalized spacial score (nSPS) is 17.2. The average Bonchev–Trinajstić information content (AvgIpc) is 3.46. The van der Waals surface area contributed by atoms with Crippen LogP contribution in [0.1, 0.15) is 58.0 Å². The molecule has 1 aromatic carbocycles. The lowest BCUT2D eigenvalue weighted by Gasteiger charge is -2.45. The van der Waals surface area contributed by atoms with Crippen molar-refractivity contribution in [2.45, 2.75) is 52.0 Å². The summed E-state index contributed by atoms with van der Waals surface area (Å²) in [5, 5.41) is 4.75. The van der Waals surface area contributed by atoms with Crippen LogP contribution in [0.25, 0.3) is 17.2 Å². The van der Waals surface area contributed by atoms with Gasteiger partial charge in [0, 0.05) is 24.0 Å². The molecule has 0 spiro atoms. The number of hydrogen-bond acceptors (Lipinski definition) is 5. The van der Waals surface area contributed by atoms with Gasteiger partial charge in [0.1, 0.15) is 12.0 Å². The number of benzene rings is 1. The van der Waals surface area contributed by atoms with Crippen molar-refractivity contribution in [2.75, 3.05) is 18.0 Å². The largest absolute Gasteiger partial charge is 0.339 e. The number of likely N-dealkylation sites (tertiary alicyclic amines) is 1. The second kappa shape index (κ2) is 7.09. The molecule has 162 valence electrons. The van der Waals surface area contributed by atoms with Crippen LogP contribution < -0.4 is 4.90 Å². The zero-order valence-corrected chi connectivity index (χ0v) is 18.8. The third kappa shape index (κ3) is 3.04. The number of aromatic nitrogens is 4. The van der Waals surface area contributed by atoms with Gasteiger partial charge in [-0.25, -0.2) is 9.78 Å². The summed E-state index contributed by atoms with van der Waals surface area (Å²) >= 11 is 6.35. The first-order valence-electron chi connectivity index (χ1n) is 10.6. The Morgan fingerprint density at radius 3 is 2.61 bits per heavy atom. The topological polar surface area (TPSA) is 80.3 Å². The lowest BCUT2D eigenvalue weighted by atomic mass is 9.91. The van der Waals surface area contributed by atoms with Crippen LogP contribution in [0.5, 0.6) is 0 Å². The smallest absolute Gasteiger partial charge is 0.325 e. The van der Waals surface area contributed by atoms with E-state index in [1.165, 1.54) is 0 Å². The minimum Gasteiger partial charge on any atom is -0.339 e. The van der Waals surface area contributed by atoms with Crippen LogP contribution in [-0.2, 0) is 5.54 Å². The molecule has 0 bridgehead atoms. The van der Waals surface area contributed by atoms with Crippen molar-refractivity contribution in [1.29, 1.82) is 0 Å². The molecule has 5 rings (SSSR count). The van der Waals surface area contributed by atoms with E-state index in [4.69, 9.17) is 16.1 Å². The number of rotatable bonds is 2. The molecular weight excluding hydrogens is 416 g/mol. The molecule has 1 saturated heterocycles. The molecule has 0 unspecified atom stereocenters. The van der Waals surface area contributed by atoms with Gasteiger partial charge in [0.15, 0.2) is 0 Å². The van der Waals surface area contributed by atoms with Crippen molar-refractivity contribution < 1.29 is 9.32 Å². The van der Waals surface area contributed by atoms with E-state index >= 15 is 0 Å². The maximum absolute atomic E-state index is 13.7. The molecule has 0 radical (unpaired) electrons. The second-order valence-electron chi connectivity index (χ2n) is 8.93. The summed E-state index contributed by atoms with van der Waals surface area (Å²) in [5.74, 6) is 1.10. The number of carbonyl (C=O) groups excluding carboxylic acids is 1. The number of hydrogen-bond donors (Lipinski definition) is 0. The molecule has 0 atom stereocenters. The minimum absolute atomic E-state index is 0.0274. The van der Waals surface area contributed by atoms with Gasteiger partial charge >= 0.3 is 6.03 Å². The Morgan fingerprint density at radius 1 is 1.19 bits per heavy atom. The molecule has 0 N–H and O–H groups in total. The van der Waals surface area contributed by atoms with Crippen LogP contribution in [0.15, 0.2) is 29.0 Å². The van der Waals surface area contributed by atoms with Gasteiger partial charge in [-0.15, -0.1) is 0 Å². The number of halogens is 1. The predicted octanol–water partition coefficient (Wildman–Crippen LogP) is 4.97. The van der Waals surface area contributed by atoms with Gasteiger partial charge in [-0.2, -0.15) is 4.98 Å². The van der Waals surface area contributed by atoms with Crippen LogP contribution in [0.2, 0.25) is 5.02 Å². The van der Waals surface area contributed by atoms with Crippen molar-refractivity contribution in [2.24, 2.45) is 0 Å². The number of imidazole rings is 1. The number of urea groups is 1. The van der Waals surface area contributed by atoms with Gasteiger partial charge in [0.25, 0.3) is 0 Å². The maximum atomic E-state index is 13.7. The van der Waals surface area contributed by atoms with E-state index in [1.54, 1.807) is 6.33 Å². The first-order valence-corrected chi connectivity index (χ1v) is 11.0. The summed E-state index contributed by atoms with van der Waals surface area (Å²) in [6.45, 7) is 9.56. The Kier molecular flexibility index (Phi) is 4.58. The van der Waals surface area contributed by atoms with E-state index in [-0.39, 0.29) is 11.9 Å². The second-order valence-corrected chi connectivity index (χ2v) is 9.36. The van der Waals surface area contributed by atoms with Gasteiger partial charge in [-0.05, 0) is 44.9 Å². The zero-order chi connectivity index (χ0) is 21.9. The molecule has 3 aromatic rings. The monoisotopic (exact) mass is 440 g/mol. The number of nitrogens with zero attached hydrogens (tertiary/aromatic N) is 6. The molecule has 8 nitrogen and oxygen atoms in total. The lowest BCUT2D eigenvalue weighted by molar-refractivity contribution is 0.207. The number of fused-ring (bicyclic) bond motifs is 3. The van der Waals surface area contributed by atoms with E-state index in [1.807, 2.05) is 60.3 Å². The summed E-state index contributed by atoms with van der Waals surface area (Å²) in [7, 11) is 0. The highest BCUT2D eigenvalue weighted by Gasteiger charge is 2.46. The summed E-state index contributed by atoms with van der Waals surface area (Å²) < 4.78 is 7.43. The van der Waals surface area contributed by atoms with Crippen LogP contribution in [0.4, 0.5) is 10.5 Å². The molecule has 4 heterocycles. The number of carbonyl (C=O) groups is 1. The van der Waals surface area contributed by atoms with Crippen molar-refractivity contribution in [3.8, 4) is 17.2 Å². The fraction of sp³-hybridized carbons (Fsp3) is 0.455. The molecular formula is C22H25ClN6O2. The molecule has 2 aromatic heterocycles. The first kappa shape index (κ1) is 20.1. The number of anilines is 1. The Balaban J connectivity index is 1.71. The van der Waals surface area contributed by atoms with E-state index in [0.29, 0.717) is 22.4 Å². The Labute approximate surface area is 185 Å². The third-order valence-corrected chi connectivity index (χ3v) is 6.29. The fourth-order valence-corrected chi connectivity index (χ4v) is 4.69. The van der Waals surface area contributed by atoms with Crippen molar-refractivity contribution in [1.82, 2.24) is 24.6 Å². The molecule has 9 heteroatoms. The standard InChI is InChI=1S/C22H25ClN6O2/c1-13(2)20-25-19(26-31-20)17-18-22(3,4)29(21(30)27-9-5-6-10-27)16-11-14(23)7-8-15(16)28(18)12-24-17/h7-8,11-13H,5-6,9-10H2,1-4H3. The summed E-state index contributed by atoms with van der Waals surface area (Å²) in [6.07, 6.45) is 3.79. The van der Waals surface area contributed by atoms with E-state index in [0.717, 1.165) is 43.0 Å². The Hall–Kier alpha value is -2.87. The predicted molar refractivity (Wildman–Crippen MR) is 118 cm³/mol. The summed E-state index contributed by atoms with van der Waals surface area (Å²) in [4.78, 5) is 26.6. The first-order chi connectivity index (χ1) is 14.8. The van der Waals surface area contributed by atoms with Gasteiger partial charge < -0.3 is 9.42 Å². The molecule has 0 aliphatic carbocycles. The summed E-state index contributed by atoms with van der Waals surface area (Å²) in [5.41, 5.74) is 2.34. The molecule has 1 fully saturated rings. The quantitative estimate of drug-likeness (QED) is 0.562. The highest BCUT2D eigenvalue weighted by Crippen LogP contribution is 2.46.